The number of furan rings is 1. The number of hydrogen-bond donors (Lipinski definition) is 1. The maximum atomic E-state index is 6.81. The molecule has 0 unspecified atom stereocenters. The second kappa shape index (κ2) is 12.4. The Hall–Kier alpha value is -5.48. The van der Waals surface area contributed by atoms with Crippen LogP contribution in [0.5, 0.6) is 0 Å². The normalized spacial score (nSPS) is 12.4. The number of unbranched alkanes of at least 4 members (excludes halogenated alkanes) is 2. The van der Waals surface area contributed by atoms with Crippen molar-refractivity contribution in [3.8, 4) is 27.9 Å². The molecule has 0 fully saturated rings. The lowest BCUT2D eigenvalue weighted by Gasteiger charge is -2.23. The Morgan fingerprint density at radius 2 is 1.47 bits per heavy atom. The molecule has 0 aliphatic carbocycles. The van der Waals surface area contributed by atoms with Gasteiger partial charge in [-0.15, -0.1) is 0 Å². The smallest absolute Gasteiger partial charge is 0.244 e. The maximum Gasteiger partial charge on any atom is 0.244 e. The van der Waals surface area contributed by atoms with Crippen LogP contribution in [0.15, 0.2) is 132 Å². The Labute approximate surface area is 301 Å². The molecule has 1 aliphatic rings. The molecule has 51 heavy (non-hydrogen) atoms. The Morgan fingerprint density at radius 3 is 2.27 bits per heavy atom. The molecule has 0 amide bonds. The molecule has 6 aromatic carbocycles. The third-order valence-corrected chi connectivity index (χ3v) is 10.8. The van der Waals surface area contributed by atoms with Crippen LogP contribution in [-0.4, -0.2) is 11.8 Å². The SMILES string of the molecule is CCCCCc1ccc(Nc2ccccc2-c2cc(-c3ccccc3)c3c4ccccc4n4c3c2Bc2oc3ccc(C(C)(C)C)cc3c2-4)cc1. The van der Waals surface area contributed by atoms with Crippen molar-refractivity contribution in [3.63, 3.8) is 0 Å². The number of rotatable bonds is 8. The molecule has 4 heteroatoms. The quantitative estimate of drug-likeness (QED) is 0.130. The van der Waals surface area contributed by atoms with E-state index in [1.807, 2.05) is 0 Å². The predicted octanol–water partition coefficient (Wildman–Crippen LogP) is 11.3. The van der Waals surface area contributed by atoms with Crippen molar-refractivity contribution in [2.24, 2.45) is 0 Å². The monoisotopic (exact) mass is 662 g/mol. The van der Waals surface area contributed by atoms with Crippen molar-refractivity contribution >= 4 is 62.6 Å². The van der Waals surface area contributed by atoms with E-state index in [1.165, 1.54) is 91.0 Å². The predicted molar refractivity (Wildman–Crippen MR) is 219 cm³/mol. The van der Waals surface area contributed by atoms with Crippen LogP contribution < -0.4 is 16.4 Å². The average Bonchev–Trinajstić information content (AvgIpc) is 3.69. The minimum Gasteiger partial charge on any atom is -0.469 e. The van der Waals surface area contributed by atoms with Gasteiger partial charge in [-0.05, 0) is 94.0 Å². The maximum absolute atomic E-state index is 6.81. The Morgan fingerprint density at radius 1 is 0.706 bits per heavy atom. The minimum atomic E-state index is 0.0265. The Bertz CT molecular complexity index is 2570. The highest BCUT2D eigenvalue weighted by Gasteiger charge is 2.32. The molecule has 250 valence electrons. The zero-order valence-corrected chi connectivity index (χ0v) is 30.0. The molecule has 1 aliphatic heterocycles. The van der Waals surface area contributed by atoms with Crippen LogP contribution in [0.1, 0.15) is 58.1 Å². The van der Waals surface area contributed by atoms with E-state index < -0.39 is 0 Å². The van der Waals surface area contributed by atoms with Crippen molar-refractivity contribution < 1.29 is 4.42 Å². The first-order chi connectivity index (χ1) is 24.9. The molecular weight excluding hydrogens is 619 g/mol. The molecule has 0 atom stereocenters. The van der Waals surface area contributed by atoms with Gasteiger partial charge >= 0.3 is 0 Å². The van der Waals surface area contributed by atoms with Gasteiger partial charge in [0.1, 0.15) is 5.58 Å². The number of benzene rings is 6. The number of aromatic nitrogens is 1. The van der Waals surface area contributed by atoms with Gasteiger partial charge in [0, 0.05) is 33.1 Å². The molecular formula is C47H43BN2O. The van der Waals surface area contributed by atoms with Crippen LogP contribution in [0.2, 0.25) is 0 Å². The van der Waals surface area contributed by atoms with Crippen molar-refractivity contribution in [1.82, 2.24) is 4.57 Å². The fraction of sp³-hybridized carbons (Fsp3) is 0.191. The third kappa shape index (κ3) is 5.36. The van der Waals surface area contributed by atoms with Gasteiger partial charge in [-0.1, -0.05) is 125 Å². The lowest BCUT2D eigenvalue weighted by molar-refractivity contribution is 0.590. The highest BCUT2D eigenvalue weighted by molar-refractivity contribution is 6.73. The van der Waals surface area contributed by atoms with Crippen molar-refractivity contribution in [2.45, 2.75) is 58.8 Å². The minimum absolute atomic E-state index is 0.0265. The number of para-hydroxylation sites is 2. The summed E-state index contributed by atoms with van der Waals surface area (Å²) in [5.41, 5.74) is 16.7. The number of hydrogen-bond acceptors (Lipinski definition) is 2. The lowest BCUT2D eigenvalue weighted by atomic mass is 9.62. The molecule has 3 nitrogen and oxygen atoms in total. The average molecular weight is 663 g/mol. The van der Waals surface area contributed by atoms with E-state index in [9.17, 15) is 0 Å². The van der Waals surface area contributed by atoms with Crippen molar-refractivity contribution in [3.05, 3.63) is 139 Å². The first kappa shape index (κ1) is 31.5. The van der Waals surface area contributed by atoms with Crippen molar-refractivity contribution in [2.75, 3.05) is 5.32 Å². The van der Waals surface area contributed by atoms with Gasteiger partial charge in [0.2, 0.25) is 7.28 Å². The fourth-order valence-electron chi connectivity index (χ4n) is 8.17. The van der Waals surface area contributed by atoms with E-state index in [-0.39, 0.29) is 5.41 Å². The molecule has 2 aromatic heterocycles. The summed E-state index contributed by atoms with van der Waals surface area (Å²) in [7, 11) is 0.715. The number of nitrogens with one attached hydrogen (secondary N) is 1. The number of nitrogens with zero attached hydrogens (tertiary/aromatic N) is 1. The molecule has 0 spiro atoms. The Balaban J connectivity index is 1.30. The van der Waals surface area contributed by atoms with Gasteiger partial charge in [-0.25, -0.2) is 0 Å². The topological polar surface area (TPSA) is 30.1 Å². The summed E-state index contributed by atoms with van der Waals surface area (Å²) in [5, 5.41) is 7.55. The first-order valence-electron chi connectivity index (χ1n) is 18.5. The fourth-order valence-corrected chi connectivity index (χ4v) is 8.17. The van der Waals surface area contributed by atoms with E-state index in [4.69, 9.17) is 4.42 Å². The van der Waals surface area contributed by atoms with Gasteiger partial charge in [0.05, 0.1) is 22.4 Å². The van der Waals surface area contributed by atoms with Gasteiger partial charge in [0.15, 0.2) is 0 Å². The summed E-state index contributed by atoms with van der Waals surface area (Å²) < 4.78 is 9.32. The summed E-state index contributed by atoms with van der Waals surface area (Å²) >= 11 is 0. The molecule has 0 saturated heterocycles. The summed E-state index contributed by atoms with van der Waals surface area (Å²) in [6.45, 7) is 9.11. The van der Waals surface area contributed by atoms with E-state index in [0.717, 1.165) is 29.0 Å². The van der Waals surface area contributed by atoms with Crippen LogP contribution in [0.25, 0.3) is 60.7 Å². The van der Waals surface area contributed by atoms with Crippen molar-refractivity contribution in [1.29, 1.82) is 0 Å². The van der Waals surface area contributed by atoms with Crippen LogP contribution >= 0.6 is 0 Å². The zero-order valence-electron chi connectivity index (χ0n) is 30.0. The van der Waals surface area contributed by atoms with Gasteiger partial charge in [-0.2, -0.15) is 0 Å². The second-order valence-electron chi connectivity index (χ2n) is 15.2. The number of aryl methyl sites for hydroxylation is 1. The summed E-state index contributed by atoms with van der Waals surface area (Å²) in [6.07, 6.45) is 4.89. The highest BCUT2D eigenvalue weighted by Crippen LogP contribution is 2.44. The van der Waals surface area contributed by atoms with E-state index in [2.05, 4.69) is 165 Å². The summed E-state index contributed by atoms with van der Waals surface area (Å²) in [4.78, 5) is 0. The standard InChI is InChI=1S/C47H43BN2O/c1-5-6-8-15-30-22-25-33(26-23-30)49-39-20-13-11-18-34(39)37-29-36(31-16-9-7-10-17-31)42-35-19-12-14-21-40(35)50-44-38-28-32(47(2,3)4)24-27-41(38)51-46(44)48-43(37)45(42)50/h7,9-14,16-29,48-49H,5-6,8,15H2,1-4H3. The summed E-state index contributed by atoms with van der Waals surface area (Å²) in [5.74, 6) is 0. The van der Waals surface area contributed by atoms with E-state index in [0.29, 0.717) is 7.28 Å². The van der Waals surface area contributed by atoms with Gasteiger partial charge in [0.25, 0.3) is 0 Å². The van der Waals surface area contributed by atoms with Crippen LogP contribution in [-0.2, 0) is 11.8 Å². The summed E-state index contributed by atoms with van der Waals surface area (Å²) in [6, 6.07) is 46.8. The van der Waals surface area contributed by atoms with Gasteiger partial charge < -0.3 is 14.3 Å². The van der Waals surface area contributed by atoms with Crippen LogP contribution in [0, 0.1) is 0 Å². The molecule has 9 rings (SSSR count). The first-order valence-corrected chi connectivity index (χ1v) is 18.5. The molecule has 0 saturated carbocycles. The molecule has 3 heterocycles. The largest absolute Gasteiger partial charge is 0.469 e. The van der Waals surface area contributed by atoms with Crippen LogP contribution in [0.4, 0.5) is 11.4 Å². The van der Waals surface area contributed by atoms with E-state index >= 15 is 0 Å². The number of anilines is 2. The zero-order chi connectivity index (χ0) is 34.7. The molecule has 1 N–H and O–H groups in total. The molecule has 0 bridgehead atoms. The van der Waals surface area contributed by atoms with E-state index in [1.54, 1.807) is 0 Å². The number of fused-ring (bicyclic) bond motifs is 7. The van der Waals surface area contributed by atoms with Gasteiger partial charge in [-0.3, -0.25) is 0 Å². The van der Waals surface area contributed by atoms with Crippen LogP contribution in [0.3, 0.4) is 0 Å². The highest BCUT2D eigenvalue weighted by atomic mass is 16.3. The lowest BCUT2D eigenvalue weighted by Crippen LogP contribution is -2.36. The second-order valence-corrected chi connectivity index (χ2v) is 15.2. The molecule has 0 radical (unpaired) electrons. The Kier molecular flexibility index (Phi) is 7.65. The third-order valence-electron chi connectivity index (χ3n) is 10.8. The molecule has 8 aromatic rings.